The molecule has 7 heteroatoms. The lowest BCUT2D eigenvalue weighted by Gasteiger charge is -2.26. The van der Waals surface area contributed by atoms with Gasteiger partial charge in [-0.2, -0.15) is 5.10 Å². The van der Waals surface area contributed by atoms with E-state index in [2.05, 4.69) is 10.4 Å². The number of fused-ring (bicyclic) bond motifs is 1. The largest absolute Gasteiger partial charge is 0.481 e. The second-order valence-corrected chi connectivity index (χ2v) is 8.07. The van der Waals surface area contributed by atoms with Crippen LogP contribution in [0, 0.1) is 0 Å². The first-order valence-corrected chi connectivity index (χ1v) is 9.66. The molecule has 3 aromatic rings. The summed E-state index contributed by atoms with van der Waals surface area (Å²) in [6, 6.07) is 11.5. The SMILES string of the molecule is CC(C)n1ncc2c(C(=O)NC(C)(C)CCC(=O)O)cc(-c3ccccc3)nc21. The fraction of sp³-hybridized carbons (Fsp3) is 0.364. The van der Waals surface area contributed by atoms with Gasteiger partial charge in [-0.3, -0.25) is 9.59 Å². The molecule has 152 valence electrons. The van der Waals surface area contributed by atoms with Gasteiger partial charge >= 0.3 is 5.97 Å². The number of hydrogen-bond donors (Lipinski definition) is 2. The number of aromatic nitrogens is 3. The second-order valence-electron chi connectivity index (χ2n) is 8.07. The van der Waals surface area contributed by atoms with Crippen LogP contribution < -0.4 is 5.32 Å². The van der Waals surface area contributed by atoms with Gasteiger partial charge in [0.25, 0.3) is 5.91 Å². The summed E-state index contributed by atoms with van der Waals surface area (Å²) in [5.74, 6) is -1.16. The Balaban J connectivity index is 2.06. The van der Waals surface area contributed by atoms with Crippen molar-refractivity contribution in [3.63, 3.8) is 0 Å². The van der Waals surface area contributed by atoms with Gasteiger partial charge < -0.3 is 10.4 Å². The molecule has 2 N–H and O–H groups in total. The molecular weight excluding hydrogens is 368 g/mol. The predicted molar refractivity (Wildman–Crippen MR) is 112 cm³/mol. The molecule has 0 saturated carbocycles. The Kier molecular flexibility index (Phi) is 5.68. The lowest BCUT2D eigenvalue weighted by molar-refractivity contribution is -0.137. The van der Waals surface area contributed by atoms with Gasteiger partial charge in [0.15, 0.2) is 5.65 Å². The van der Waals surface area contributed by atoms with Gasteiger partial charge in [0.1, 0.15) is 0 Å². The van der Waals surface area contributed by atoms with Crippen LogP contribution in [-0.4, -0.2) is 37.3 Å². The number of aliphatic carboxylic acids is 1. The summed E-state index contributed by atoms with van der Waals surface area (Å²) < 4.78 is 1.80. The summed E-state index contributed by atoms with van der Waals surface area (Å²) in [6.07, 6.45) is 1.98. The number of nitrogens with zero attached hydrogens (tertiary/aromatic N) is 3. The highest BCUT2D eigenvalue weighted by atomic mass is 16.4. The highest BCUT2D eigenvalue weighted by Gasteiger charge is 2.25. The van der Waals surface area contributed by atoms with Crippen LogP contribution in [0.5, 0.6) is 0 Å². The van der Waals surface area contributed by atoms with Crippen molar-refractivity contribution in [2.24, 2.45) is 0 Å². The summed E-state index contributed by atoms with van der Waals surface area (Å²) >= 11 is 0. The number of carbonyl (C=O) groups excluding carboxylic acids is 1. The number of hydrogen-bond acceptors (Lipinski definition) is 4. The van der Waals surface area contributed by atoms with E-state index in [1.54, 1.807) is 16.9 Å². The minimum absolute atomic E-state index is 0.0143. The van der Waals surface area contributed by atoms with E-state index in [-0.39, 0.29) is 18.4 Å². The number of rotatable bonds is 7. The van der Waals surface area contributed by atoms with Crippen LogP contribution in [0.2, 0.25) is 0 Å². The minimum atomic E-state index is -0.886. The quantitative estimate of drug-likeness (QED) is 0.630. The summed E-state index contributed by atoms with van der Waals surface area (Å²) in [5, 5.41) is 17.0. The number of carboxylic acids is 1. The van der Waals surface area contributed by atoms with Crippen LogP contribution >= 0.6 is 0 Å². The van der Waals surface area contributed by atoms with Gasteiger partial charge in [0.2, 0.25) is 0 Å². The van der Waals surface area contributed by atoms with E-state index in [9.17, 15) is 9.59 Å². The van der Waals surface area contributed by atoms with Crippen molar-refractivity contribution in [3.8, 4) is 11.3 Å². The van der Waals surface area contributed by atoms with Crippen LogP contribution in [0.4, 0.5) is 0 Å². The molecule has 0 saturated heterocycles. The smallest absolute Gasteiger partial charge is 0.303 e. The normalized spacial score (nSPS) is 11.8. The molecule has 0 spiro atoms. The molecule has 1 aromatic carbocycles. The zero-order valence-electron chi connectivity index (χ0n) is 17.1. The highest BCUT2D eigenvalue weighted by molar-refractivity contribution is 6.06. The molecule has 2 aromatic heterocycles. The van der Waals surface area contributed by atoms with Crippen molar-refractivity contribution < 1.29 is 14.7 Å². The fourth-order valence-electron chi connectivity index (χ4n) is 3.20. The molecule has 0 aliphatic heterocycles. The topological polar surface area (TPSA) is 97.1 Å². The molecule has 1 amide bonds. The summed E-state index contributed by atoms with van der Waals surface area (Å²) in [7, 11) is 0. The van der Waals surface area contributed by atoms with Gasteiger partial charge in [-0.15, -0.1) is 0 Å². The highest BCUT2D eigenvalue weighted by Crippen LogP contribution is 2.27. The van der Waals surface area contributed by atoms with Crippen molar-refractivity contribution in [1.82, 2.24) is 20.1 Å². The average molecular weight is 394 g/mol. The van der Waals surface area contributed by atoms with Crippen LogP contribution in [0.1, 0.15) is 56.9 Å². The van der Waals surface area contributed by atoms with Crippen molar-refractivity contribution in [2.45, 2.75) is 52.1 Å². The second kappa shape index (κ2) is 8.03. The molecule has 0 fully saturated rings. The lowest BCUT2D eigenvalue weighted by Crippen LogP contribution is -2.43. The molecule has 29 heavy (non-hydrogen) atoms. The predicted octanol–water partition coefficient (Wildman–Crippen LogP) is 4.05. The van der Waals surface area contributed by atoms with Gasteiger partial charge in [-0.05, 0) is 40.2 Å². The Hall–Kier alpha value is -3.22. The molecule has 0 unspecified atom stereocenters. The first-order chi connectivity index (χ1) is 13.7. The summed E-state index contributed by atoms with van der Waals surface area (Å²) in [5.41, 5.74) is 2.06. The van der Waals surface area contributed by atoms with E-state index in [0.717, 1.165) is 5.56 Å². The number of carboxylic acid groups (broad SMARTS) is 1. The Morgan fingerprint density at radius 3 is 2.52 bits per heavy atom. The Labute approximate surface area is 169 Å². The average Bonchev–Trinajstić information content (AvgIpc) is 3.10. The van der Waals surface area contributed by atoms with E-state index in [4.69, 9.17) is 10.1 Å². The minimum Gasteiger partial charge on any atom is -0.481 e. The monoisotopic (exact) mass is 394 g/mol. The number of nitrogens with one attached hydrogen (secondary N) is 1. The molecule has 0 atom stereocenters. The van der Waals surface area contributed by atoms with Crippen LogP contribution in [0.15, 0.2) is 42.6 Å². The van der Waals surface area contributed by atoms with Gasteiger partial charge in [0, 0.05) is 23.6 Å². The van der Waals surface area contributed by atoms with Crippen molar-refractivity contribution >= 4 is 22.9 Å². The molecule has 2 heterocycles. The van der Waals surface area contributed by atoms with Crippen LogP contribution in [0.3, 0.4) is 0 Å². The fourth-order valence-corrected chi connectivity index (χ4v) is 3.20. The van der Waals surface area contributed by atoms with E-state index in [0.29, 0.717) is 28.7 Å². The molecule has 3 rings (SSSR count). The third kappa shape index (κ3) is 4.62. The summed E-state index contributed by atoms with van der Waals surface area (Å²) in [6.45, 7) is 7.67. The van der Waals surface area contributed by atoms with Crippen LogP contribution in [0.25, 0.3) is 22.3 Å². The maximum Gasteiger partial charge on any atom is 0.303 e. The Bertz CT molecular complexity index is 1040. The third-order valence-electron chi connectivity index (χ3n) is 4.79. The molecule has 0 radical (unpaired) electrons. The van der Waals surface area contributed by atoms with Crippen LogP contribution in [-0.2, 0) is 4.79 Å². The zero-order chi connectivity index (χ0) is 21.2. The maximum atomic E-state index is 13.2. The van der Waals surface area contributed by atoms with E-state index >= 15 is 0 Å². The number of benzene rings is 1. The summed E-state index contributed by atoms with van der Waals surface area (Å²) in [4.78, 5) is 28.8. The van der Waals surface area contributed by atoms with Gasteiger partial charge in [0.05, 0.1) is 22.8 Å². The maximum absolute atomic E-state index is 13.2. The molecule has 0 bridgehead atoms. The number of amides is 1. The van der Waals surface area contributed by atoms with Crippen molar-refractivity contribution in [2.75, 3.05) is 0 Å². The van der Waals surface area contributed by atoms with E-state index < -0.39 is 11.5 Å². The van der Waals surface area contributed by atoms with E-state index in [1.807, 2.05) is 58.0 Å². The van der Waals surface area contributed by atoms with Gasteiger partial charge in [-0.1, -0.05) is 30.3 Å². The van der Waals surface area contributed by atoms with Gasteiger partial charge in [-0.25, -0.2) is 9.67 Å². The van der Waals surface area contributed by atoms with Crippen molar-refractivity contribution in [3.05, 3.63) is 48.2 Å². The molecule has 7 nitrogen and oxygen atoms in total. The molecule has 0 aliphatic carbocycles. The number of carbonyl (C=O) groups is 2. The Morgan fingerprint density at radius 1 is 1.21 bits per heavy atom. The standard InChI is InChI=1S/C22H26N4O3/c1-14(2)26-20-17(13-23-26)16(12-18(24-20)15-8-6-5-7-9-15)21(29)25-22(3,4)11-10-19(27)28/h5-9,12-14H,10-11H2,1-4H3,(H,25,29)(H,27,28). The molecular formula is C22H26N4O3. The molecule has 0 aliphatic rings. The zero-order valence-corrected chi connectivity index (χ0v) is 17.1. The van der Waals surface area contributed by atoms with Crippen molar-refractivity contribution in [1.29, 1.82) is 0 Å². The van der Waals surface area contributed by atoms with E-state index in [1.165, 1.54) is 0 Å². The number of pyridine rings is 1. The third-order valence-corrected chi connectivity index (χ3v) is 4.79. The Morgan fingerprint density at radius 2 is 1.90 bits per heavy atom. The first-order valence-electron chi connectivity index (χ1n) is 9.66. The lowest BCUT2D eigenvalue weighted by atomic mass is 9.97. The first kappa shape index (κ1) is 20.5.